The largest absolute Gasteiger partial charge is 1.00 e. The van der Waals surface area contributed by atoms with Crippen molar-refractivity contribution < 1.29 is 48.0 Å². The normalized spacial score (nSPS) is 17.2. The molecule has 2 atom stereocenters. The molecule has 2 heterocycles. The SMILES string of the molecule is CCc1cccc2c1C=[C]([Zr+2][C]1=Cc3c(CC)cccc3C1c1ccc(C)s1)C2c1ccc(C)s1.[Cl-].[Cl-]. The first-order valence-electron chi connectivity index (χ1n) is 12.6. The number of rotatable bonds is 6. The Morgan fingerprint density at radius 1 is 0.622 bits per heavy atom. The van der Waals surface area contributed by atoms with Crippen molar-refractivity contribution in [1.82, 2.24) is 0 Å². The molecule has 0 aliphatic heterocycles. The molecule has 0 spiro atoms. The fourth-order valence-corrected chi connectivity index (χ4v) is 12.4. The standard InChI is InChI=1S/2C16H15S.2ClH.Zr/c2*1-3-12-5-4-6-14-13(12)8-9-15(14)16-10-7-11(2)17-16;;;/h2*4-8,10,15H,3H2,1-2H3;2*1H;/q;;;;+2/p-2. The van der Waals surface area contributed by atoms with Crippen LogP contribution >= 0.6 is 22.7 Å². The number of aryl methyl sites for hydroxylation is 4. The van der Waals surface area contributed by atoms with Gasteiger partial charge in [-0.25, -0.2) is 0 Å². The molecule has 0 nitrogen and oxygen atoms in total. The molecule has 6 rings (SSSR count). The molecule has 2 aliphatic carbocycles. The van der Waals surface area contributed by atoms with Gasteiger partial charge in [0.15, 0.2) is 0 Å². The van der Waals surface area contributed by atoms with Gasteiger partial charge in [-0.15, -0.1) is 0 Å². The monoisotopic (exact) mass is 638 g/mol. The minimum atomic E-state index is -1.01. The molecule has 0 N–H and O–H groups in total. The third-order valence-corrected chi connectivity index (χ3v) is 13.1. The van der Waals surface area contributed by atoms with Gasteiger partial charge in [0.2, 0.25) is 0 Å². The second-order valence-electron chi connectivity index (χ2n) is 9.63. The number of fused-ring (bicyclic) bond motifs is 2. The molecular weight excluding hydrogens is 611 g/mol. The van der Waals surface area contributed by atoms with E-state index in [1.807, 2.05) is 22.7 Å². The zero-order valence-electron chi connectivity index (χ0n) is 21.6. The second-order valence-corrected chi connectivity index (χ2v) is 15.7. The molecule has 2 aromatic carbocycles. The summed E-state index contributed by atoms with van der Waals surface area (Å²) in [6.45, 7) is 9.08. The Morgan fingerprint density at radius 2 is 1.05 bits per heavy atom. The predicted molar refractivity (Wildman–Crippen MR) is 149 cm³/mol. The zero-order valence-corrected chi connectivity index (χ0v) is 27.2. The van der Waals surface area contributed by atoms with Gasteiger partial charge in [-0.1, -0.05) is 0 Å². The van der Waals surface area contributed by atoms with Crippen LogP contribution < -0.4 is 24.8 Å². The van der Waals surface area contributed by atoms with Crippen LogP contribution in [0.1, 0.15) is 78.6 Å². The summed E-state index contributed by atoms with van der Waals surface area (Å²) in [4.78, 5) is 5.87. The minimum absolute atomic E-state index is 0. The smallest absolute Gasteiger partial charge is 1.00 e. The maximum absolute atomic E-state index is 2.61. The van der Waals surface area contributed by atoms with Crippen LogP contribution in [0.2, 0.25) is 0 Å². The fourth-order valence-electron chi connectivity index (χ4n) is 5.76. The zero-order chi connectivity index (χ0) is 24.1. The first kappa shape index (κ1) is 28.8. The average Bonchev–Trinajstić information content (AvgIpc) is 3.63. The second kappa shape index (κ2) is 11.9. The molecule has 2 aromatic heterocycles. The van der Waals surface area contributed by atoms with E-state index in [-0.39, 0.29) is 24.8 Å². The van der Waals surface area contributed by atoms with E-state index in [1.165, 1.54) is 52.9 Å². The first-order valence-corrected chi connectivity index (χ1v) is 16.7. The van der Waals surface area contributed by atoms with E-state index in [4.69, 9.17) is 0 Å². The van der Waals surface area contributed by atoms with Crippen LogP contribution in [0.15, 0.2) is 67.2 Å². The number of allylic oxidation sites excluding steroid dienone is 2. The number of hydrogen-bond acceptors (Lipinski definition) is 2. The van der Waals surface area contributed by atoms with Crippen LogP contribution in [0, 0.1) is 13.8 Å². The van der Waals surface area contributed by atoms with Crippen molar-refractivity contribution in [2.75, 3.05) is 0 Å². The van der Waals surface area contributed by atoms with Gasteiger partial charge in [0.25, 0.3) is 0 Å². The Kier molecular flexibility index (Phi) is 9.25. The van der Waals surface area contributed by atoms with E-state index in [0.29, 0.717) is 11.8 Å². The van der Waals surface area contributed by atoms with Gasteiger partial charge in [-0.3, -0.25) is 0 Å². The predicted octanol–water partition coefficient (Wildman–Crippen LogP) is 3.31. The third-order valence-electron chi connectivity index (χ3n) is 7.45. The van der Waals surface area contributed by atoms with E-state index in [1.54, 1.807) is 6.56 Å². The van der Waals surface area contributed by atoms with Crippen molar-refractivity contribution in [2.45, 2.75) is 52.4 Å². The number of halogens is 2. The van der Waals surface area contributed by atoms with Gasteiger partial charge >= 0.3 is 231 Å². The van der Waals surface area contributed by atoms with Crippen LogP contribution in [0.25, 0.3) is 12.2 Å². The Bertz CT molecular complexity index is 1380. The number of benzene rings is 2. The summed E-state index contributed by atoms with van der Waals surface area (Å²) in [7, 11) is 0. The molecule has 0 saturated heterocycles. The summed E-state index contributed by atoms with van der Waals surface area (Å²) in [5.74, 6) is 0.894. The quantitative estimate of drug-likeness (QED) is 0.304. The summed E-state index contributed by atoms with van der Waals surface area (Å²) in [5.41, 5.74) is 9.09. The van der Waals surface area contributed by atoms with Crippen LogP contribution in [0.5, 0.6) is 0 Å². The fraction of sp³-hybridized carbons (Fsp3) is 0.250. The molecule has 0 fully saturated rings. The first-order chi connectivity index (χ1) is 17.1. The van der Waals surface area contributed by atoms with E-state index in [9.17, 15) is 0 Å². The summed E-state index contributed by atoms with van der Waals surface area (Å²) < 4.78 is 3.45. The molecule has 0 bridgehead atoms. The van der Waals surface area contributed by atoms with Gasteiger partial charge in [0.1, 0.15) is 0 Å². The van der Waals surface area contributed by atoms with Crippen LogP contribution in [0.4, 0.5) is 0 Å². The number of hydrogen-bond donors (Lipinski definition) is 0. The average molecular weight is 641 g/mol. The Labute approximate surface area is 253 Å². The van der Waals surface area contributed by atoms with Crippen molar-refractivity contribution in [1.29, 1.82) is 0 Å². The summed E-state index contributed by atoms with van der Waals surface area (Å²) in [5, 5.41) is 0. The maximum atomic E-state index is 2.61. The molecule has 37 heavy (non-hydrogen) atoms. The van der Waals surface area contributed by atoms with E-state index < -0.39 is 23.2 Å². The van der Waals surface area contributed by atoms with E-state index in [0.717, 1.165) is 12.8 Å². The van der Waals surface area contributed by atoms with Gasteiger partial charge in [-0.2, -0.15) is 0 Å². The molecule has 0 radical (unpaired) electrons. The molecule has 5 heteroatoms. The number of thiophene rings is 2. The minimum Gasteiger partial charge on any atom is -1.00 e. The van der Waals surface area contributed by atoms with Crippen molar-refractivity contribution in [3.05, 3.63) is 120 Å². The van der Waals surface area contributed by atoms with Crippen molar-refractivity contribution in [2.24, 2.45) is 0 Å². The molecule has 2 unspecified atom stereocenters. The molecule has 188 valence electrons. The van der Waals surface area contributed by atoms with Gasteiger partial charge < -0.3 is 24.8 Å². The molecule has 0 saturated carbocycles. The van der Waals surface area contributed by atoms with Crippen LogP contribution in [-0.4, -0.2) is 0 Å². The van der Waals surface area contributed by atoms with Crippen LogP contribution in [-0.2, 0) is 36.1 Å². The molecule has 2 aliphatic rings. The summed E-state index contributed by atoms with van der Waals surface area (Å²) >= 11 is 2.96. The summed E-state index contributed by atoms with van der Waals surface area (Å²) in [6, 6.07) is 23.4. The van der Waals surface area contributed by atoms with E-state index in [2.05, 4.69) is 101 Å². The van der Waals surface area contributed by atoms with Crippen molar-refractivity contribution in [3.8, 4) is 0 Å². The third kappa shape index (κ3) is 5.20. The van der Waals surface area contributed by atoms with Crippen molar-refractivity contribution >= 4 is 34.8 Å². The topological polar surface area (TPSA) is 0 Å². The molecule has 0 amide bonds. The Morgan fingerprint density at radius 3 is 1.41 bits per heavy atom. The maximum Gasteiger partial charge on any atom is -1.00 e. The van der Waals surface area contributed by atoms with Gasteiger partial charge in [0, 0.05) is 0 Å². The molecule has 4 aromatic rings. The molecular formula is C32H30Cl2S2Zr. The van der Waals surface area contributed by atoms with Gasteiger partial charge in [-0.05, 0) is 0 Å². The Balaban J connectivity index is 0.00000160. The summed E-state index contributed by atoms with van der Waals surface area (Å²) in [6.07, 6.45) is 7.42. The van der Waals surface area contributed by atoms with E-state index >= 15 is 0 Å². The van der Waals surface area contributed by atoms with Crippen LogP contribution in [0.3, 0.4) is 0 Å². The Hall–Kier alpha value is -1.22. The van der Waals surface area contributed by atoms with Crippen molar-refractivity contribution in [3.63, 3.8) is 0 Å². The van der Waals surface area contributed by atoms with Gasteiger partial charge in [0.05, 0.1) is 0 Å².